The Bertz CT molecular complexity index is 991. The first-order valence-corrected chi connectivity index (χ1v) is 9.64. The van der Waals surface area contributed by atoms with Crippen molar-refractivity contribution in [2.75, 3.05) is 20.7 Å². The number of nitrogens with two attached hydrogens (primary N) is 1. The normalized spacial score (nSPS) is 18.1. The molecule has 0 aliphatic carbocycles. The van der Waals surface area contributed by atoms with Crippen molar-refractivity contribution in [3.8, 4) is 11.5 Å². The number of alkyl halides is 3. The Kier molecular flexibility index (Phi) is 6.45. The molecule has 2 aromatic rings. The molecule has 0 aromatic heterocycles. The third-order valence-electron chi connectivity index (χ3n) is 5.11. The van der Waals surface area contributed by atoms with E-state index in [1.807, 2.05) is 6.92 Å². The van der Waals surface area contributed by atoms with Gasteiger partial charge in [-0.25, -0.2) is 4.79 Å². The molecule has 2 aromatic carbocycles. The van der Waals surface area contributed by atoms with Gasteiger partial charge in [0, 0.05) is 19.2 Å². The molecule has 31 heavy (non-hydrogen) atoms. The Balaban J connectivity index is 1.83. The zero-order chi connectivity index (χ0) is 22.8. The van der Waals surface area contributed by atoms with Gasteiger partial charge in [-0.1, -0.05) is 24.3 Å². The first kappa shape index (κ1) is 22.5. The Morgan fingerprint density at radius 3 is 2.48 bits per heavy atom. The van der Waals surface area contributed by atoms with Gasteiger partial charge in [-0.15, -0.1) is 0 Å². The summed E-state index contributed by atoms with van der Waals surface area (Å²) >= 11 is 0. The van der Waals surface area contributed by atoms with E-state index in [0.717, 1.165) is 6.07 Å². The fourth-order valence-electron chi connectivity index (χ4n) is 3.44. The van der Waals surface area contributed by atoms with Crippen LogP contribution in [-0.2, 0) is 12.8 Å². The van der Waals surface area contributed by atoms with Gasteiger partial charge in [0.05, 0.1) is 18.4 Å². The molecule has 0 spiro atoms. The summed E-state index contributed by atoms with van der Waals surface area (Å²) in [7, 11) is 3.09. The molecule has 1 aliphatic rings. The number of ether oxygens (including phenoxy) is 2. The van der Waals surface area contributed by atoms with Crippen LogP contribution >= 0.6 is 0 Å². The fraction of sp³-hybridized carbons (Fsp3) is 0.318. The maximum Gasteiger partial charge on any atom is 0.416 e. The van der Waals surface area contributed by atoms with Crippen LogP contribution < -0.4 is 15.2 Å². The van der Waals surface area contributed by atoms with Crippen molar-refractivity contribution in [3.63, 3.8) is 0 Å². The molecule has 0 saturated carbocycles. The number of hydrogen-bond acceptors (Lipinski definition) is 4. The molecule has 9 heteroatoms. The first-order valence-electron chi connectivity index (χ1n) is 9.64. The molecule has 0 bridgehead atoms. The Labute approximate surface area is 178 Å². The number of rotatable bonds is 6. The number of halogens is 3. The molecule has 166 valence electrons. The molecule has 1 aliphatic heterocycles. The quantitative estimate of drug-likeness (QED) is 0.735. The van der Waals surface area contributed by atoms with Crippen molar-refractivity contribution in [2.45, 2.75) is 25.9 Å². The van der Waals surface area contributed by atoms with E-state index in [2.05, 4.69) is 0 Å². The number of methoxy groups -OCH3 is 1. The van der Waals surface area contributed by atoms with Crippen LogP contribution in [0, 0.1) is 0 Å². The average molecular weight is 435 g/mol. The number of benzene rings is 2. The van der Waals surface area contributed by atoms with Crippen LogP contribution in [0.1, 0.15) is 23.6 Å². The molecule has 0 radical (unpaired) electrons. The highest BCUT2D eigenvalue weighted by Gasteiger charge is 2.36. The zero-order valence-electron chi connectivity index (χ0n) is 17.4. The molecule has 1 atom stereocenters. The summed E-state index contributed by atoms with van der Waals surface area (Å²) in [4.78, 5) is 15.3. The topological polar surface area (TPSA) is 68.0 Å². The smallest absolute Gasteiger partial charge is 0.416 e. The van der Waals surface area contributed by atoms with E-state index in [4.69, 9.17) is 15.2 Å². The molecule has 3 rings (SSSR count). The predicted octanol–water partition coefficient (Wildman–Crippen LogP) is 4.31. The summed E-state index contributed by atoms with van der Waals surface area (Å²) in [5.74, 6) is 0.656. The second-order valence-corrected chi connectivity index (χ2v) is 7.00. The van der Waals surface area contributed by atoms with E-state index in [9.17, 15) is 18.0 Å². The van der Waals surface area contributed by atoms with Crippen LogP contribution in [0.2, 0.25) is 0 Å². The van der Waals surface area contributed by atoms with Gasteiger partial charge in [-0.2, -0.15) is 13.2 Å². The van der Waals surface area contributed by atoms with E-state index >= 15 is 0 Å². The highest BCUT2D eigenvalue weighted by Crippen LogP contribution is 2.34. The lowest BCUT2D eigenvalue weighted by atomic mass is 10.1. The van der Waals surface area contributed by atoms with E-state index in [0.29, 0.717) is 29.3 Å². The Hall–Kier alpha value is -3.20. The second-order valence-electron chi connectivity index (χ2n) is 7.00. The lowest BCUT2D eigenvalue weighted by Crippen LogP contribution is -2.39. The van der Waals surface area contributed by atoms with Crippen molar-refractivity contribution in [1.82, 2.24) is 9.80 Å². The Morgan fingerprint density at radius 1 is 1.16 bits per heavy atom. The maximum absolute atomic E-state index is 13.2. The van der Waals surface area contributed by atoms with Gasteiger partial charge in [0.15, 0.2) is 11.5 Å². The number of likely N-dealkylation sites (N-methyl/N-ethyl adjacent to an activating group) is 2. The van der Waals surface area contributed by atoms with Crippen molar-refractivity contribution in [1.29, 1.82) is 0 Å². The first-order chi connectivity index (χ1) is 14.7. The minimum atomic E-state index is -4.46. The van der Waals surface area contributed by atoms with Crippen LogP contribution in [0.4, 0.5) is 18.0 Å². The van der Waals surface area contributed by atoms with Crippen LogP contribution in [0.15, 0.2) is 48.2 Å². The molecule has 2 amide bonds. The third-order valence-corrected chi connectivity index (χ3v) is 5.11. The predicted molar refractivity (Wildman–Crippen MR) is 110 cm³/mol. The number of carbonyl (C=O) groups is 1. The SMILES string of the molecule is CCN1C(=O)N(C)/C(=C\c2ccc(OCc3ccccc3C(F)(F)F)c(OC)c2)C1N. The maximum atomic E-state index is 13.2. The monoisotopic (exact) mass is 435 g/mol. The number of urea groups is 1. The van der Waals surface area contributed by atoms with Crippen LogP contribution in [0.5, 0.6) is 11.5 Å². The summed E-state index contributed by atoms with van der Waals surface area (Å²) in [6.07, 6.45) is -3.26. The van der Waals surface area contributed by atoms with E-state index in [1.54, 1.807) is 36.2 Å². The van der Waals surface area contributed by atoms with Crippen LogP contribution in [0.3, 0.4) is 0 Å². The third kappa shape index (κ3) is 4.61. The number of carbonyl (C=O) groups excluding carboxylic acids is 1. The van der Waals surface area contributed by atoms with Gasteiger partial charge < -0.3 is 20.1 Å². The molecular formula is C22H24F3N3O3. The summed E-state index contributed by atoms with van der Waals surface area (Å²) in [5, 5.41) is 0. The van der Waals surface area contributed by atoms with Gasteiger partial charge in [0.2, 0.25) is 0 Å². The van der Waals surface area contributed by atoms with Crippen LogP contribution in [-0.4, -0.2) is 42.7 Å². The van der Waals surface area contributed by atoms with Crippen molar-refractivity contribution < 1.29 is 27.4 Å². The molecule has 1 saturated heterocycles. The van der Waals surface area contributed by atoms with E-state index < -0.39 is 17.9 Å². The number of hydrogen-bond donors (Lipinski definition) is 1. The van der Waals surface area contributed by atoms with E-state index in [1.165, 1.54) is 30.2 Å². The van der Waals surface area contributed by atoms with Gasteiger partial charge in [0.25, 0.3) is 0 Å². The highest BCUT2D eigenvalue weighted by molar-refractivity contribution is 5.82. The zero-order valence-corrected chi connectivity index (χ0v) is 17.4. The number of amides is 2. The largest absolute Gasteiger partial charge is 0.493 e. The number of nitrogens with zero attached hydrogens (tertiary/aromatic N) is 2. The lowest BCUT2D eigenvalue weighted by molar-refractivity contribution is -0.138. The minimum Gasteiger partial charge on any atom is -0.493 e. The summed E-state index contributed by atoms with van der Waals surface area (Å²) in [5.41, 5.74) is 6.80. The molecule has 1 fully saturated rings. The molecular weight excluding hydrogens is 411 g/mol. The fourth-order valence-corrected chi connectivity index (χ4v) is 3.44. The van der Waals surface area contributed by atoms with Gasteiger partial charge in [0.1, 0.15) is 12.8 Å². The van der Waals surface area contributed by atoms with Crippen molar-refractivity contribution in [2.24, 2.45) is 5.73 Å². The average Bonchev–Trinajstić information content (AvgIpc) is 2.94. The van der Waals surface area contributed by atoms with Crippen molar-refractivity contribution in [3.05, 3.63) is 64.9 Å². The summed E-state index contributed by atoms with van der Waals surface area (Å²) < 4.78 is 50.5. The van der Waals surface area contributed by atoms with E-state index in [-0.39, 0.29) is 18.2 Å². The van der Waals surface area contributed by atoms with Crippen molar-refractivity contribution >= 4 is 12.1 Å². The minimum absolute atomic E-state index is 0.0278. The molecule has 6 nitrogen and oxygen atoms in total. The van der Waals surface area contributed by atoms with Gasteiger partial charge in [-0.05, 0) is 36.8 Å². The highest BCUT2D eigenvalue weighted by atomic mass is 19.4. The Morgan fingerprint density at radius 2 is 1.87 bits per heavy atom. The summed E-state index contributed by atoms with van der Waals surface area (Å²) in [6, 6.07) is 10.1. The van der Waals surface area contributed by atoms with Gasteiger partial charge in [-0.3, -0.25) is 4.90 Å². The van der Waals surface area contributed by atoms with Gasteiger partial charge >= 0.3 is 12.2 Å². The molecule has 1 heterocycles. The molecule has 2 N–H and O–H groups in total. The lowest BCUT2D eigenvalue weighted by Gasteiger charge is -2.17. The second kappa shape index (κ2) is 8.89. The standard InChI is InChI=1S/C22H24F3N3O3/c1-4-28-20(26)17(27(2)21(28)29)11-14-9-10-18(19(12-14)30-3)31-13-15-7-5-6-8-16(15)22(23,24)25/h5-12,20H,4,13,26H2,1-3H3/b17-11-. The molecule has 1 unspecified atom stereocenters. The van der Waals surface area contributed by atoms with Crippen LogP contribution in [0.25, 0.3) is 6.08 Å². The summed E-state index contributed by atoms with van der Waals surface area (Å²) in [6.45, 7) is 2.07.